The molecule has 0 N–H and O–H groups in total. The lowest BCUT2D eigenvalue weighted by Crippen LogP contribution is -2.41. The number of ether oxygens (including phenoxy) is 2. The Morgan fingerprint density at radius 3 is 1.20 bits per heavy atom. The van der Waals surface area contributed by atoms with E-state index in [1.165, 1.54) is 4.90 Å². The zero-order valence-electron chi connectivity index (χ0n) is 50.4. The molecule has 1 aliphatic rings. The number of carbonyl (C=O) groups is 3. The van der Waals surface area contributed by atoms with Crippen LogP contribution in [0.3, 0.4) is 0 Å². The van der Waals surface area contributed by atoms with Crippen LogP contribution in [0.25, 0.3) is 43.1 Å². The number of benzene rings is 9. The summed E-state index contributed by atoms with van der Waals surface area (Å²) in [5.41, 5.74) is 12.2. The Morgan fingerprint density at radius 1 is 0.412 bits per heavy atom. The molecule has 0 aromatic heterocycles. The molecule has 0 atom stereocenters. The summed E-state index contributed by atoms with van der Waals surface area (Å²) in [5, 5.41) is 6.12. The average molecular weight is 1070 g/mol. The Balaban J connectivity index is 1.39. The van der Waals surface area contributed by atoms with Crippen molar-refractivity contribution >= 4 is 72.2 Å². The van der Waals surface area contributed by atoms with Crippen molar-refractivity contribution in [1.29, 1.82) is 0 Å². The number of aryl methyl sites for hydroxylation is 1. The van der Waals surface area contributed by atoms with Gasteiger partial charge >= 0.3 is 0 Å². The zero-order chi connectivity index (χ0) is 57.7. The first-order valence-corrected chi connectivity index (χ1v) is 29.2. The van der Waals surface area contributed by atoms with Crippen LogP contribution < -0.4 is 19.3 Å². The quantitative estimate of drug-likeness (QED) is 0.0581. The molecule has 0 saturated carbocycles. The first-order valence-electron chi connectivity index (χ1n) is 29.2. The standard InChI is InChI=1S/C73H80N2O5/c1-37(2)46-23-19-24-47(38(3)4)67(46)74(18)71(76)56-33-31-54-64-60(80-70-52(43(13)14)29-22-30-53(70)44(15)16)36-58-62-57(72(77)75(73(58)78)68-48(39(5)6)25-20-26-49(68)40(7)8)34-32-55(66(62)64)63-59(35-45(17)61(56)65(54)63)79-69-50(41(9)10)27-21-28-51(69)42(11)12/h19-44H,1-18H3. The van der Waals surface area contributed by atoms with Crippen molar-refractivity contribution in [2.75, 3.05) is 16.8 Å². The van der Waals surface area contributed by atoms with E-state index in [0.29, 0.717) is 39.3 Å². The van der Waals surface area contributed by atoms with Gasteiger partial charge < -0.3 is 14.4 Å². The van der Waals surface area contributed by atoms with Gasteiger partial charge in [0.1, 0.15) is 23.0 Å². The van der Waals surface area contributed by atoms with Crippen molar-refractivity contribution in [3.05, 3.63) is 176 Å². The number of amides is 3. The molecular weight excluding hydrogens is 985 g/mol. The molecule has 3 amide bonds. The molecule has 0 unspecified atom stereocenters. The third-order valence-electron chi connectivity index (χ3n) is 16.9. The number of hydrogen-bond donors (Lipinski definition) is 0. The average Bonchev–Trinajstić information content (AvgIpc) is 3.41. The van der Waals surface area contributed by atoms with Crippen molar-refractivity contribution < 1.29 is 23.9 Å². The summed E-state index contributed by atoms with van der Waals surface area (Å²) < 4.78 is 15.1. The van der Waals surface area contributed by atoms with Crippen molar-refractivity contribution in [3.63, 3.8) is 0 Å². The van der Waals surface area contributed by atoms with Crippen LogP contribution in [-0.4, -0.2) is 24.8 Å². The van der Waals surface area contributed by atoms with E-state index in [9.17, 15) is 0 Å². The molecule has 0 fully saturated rings. The second-order valence-corrected chi connectivity index (χ2v) is 25.0. The van der Waals surface area contributed by atoms with Crippen LogP contribution in [0.1, 0.15) is 239 Å². The highest BCUT2D eigenvalue weighted by Gasteiger charge is 2.40. The predicted molar refractivity (Wildman–Crippen MR) is 335 cm³/mol. The lowest BCUT2D eigenvalue weighted by atomic mass is 9.81. The Bertz CT molecular complexity index is 3860. The third-order valence-corrected chi connectivity index (χ3v) is 16.9. The van der Waals surface area contributed by atoms with Gasteiger partial charge in [0, 0.05) is 45.1 Å². The number of imide groups is 1. The summed E-state index contributed by atoms with van der Waals surface area (Å²) in [6.07, 6.45) is 0. The smallest absolute Gasteiger partial charge is 0.266 e. The first-order chi connectivity index (χ1) is 38.0. The SMILES string of the molecule is Cc1cc(Oc2c(C(C)C)cccc2C(C)C)c2c3ccc4c5c(cc(Oc6c(C(C)C)cccc6C(C)C)c(c6ccc(C(=O)N(C)c7c(C(C)C)cccc7C(C)C)c1c62)c53)C(=O)N(c1c(C(C)C)cccc1C(C)C)C4=O. The van der Waals surface area contributed by atoms with Gasteiger partial charge in [-0.25, -0.2) is 4.90 Å². The van der Waals surface area contributed by atoms with Gasteiger partial charge in [-0.2, -0.15) is 0 Å². The number of fused-ring (bicyclic) bond motifs is 2. The van der Waals surface area contributed by atoms with E-state index < -0.39 is 5.91 Å². The minimum absolute atomic E-state index is 0.0246. The molecule has 7 nitrogen and oxygen atoms in total. The molecule has 412 valence electrons. The van der Waals surface area contributed by atoms with E-state index in [1.807, 2.05) is 54.4 Å². The van der Waals surface area contributed by atoms with E-state index in [4.69, 9.17) is 9.47 Å². The molecule has 0 saturated heterocycles. The topological polar surface area (TPSA) is 76.2 Å². The first kappa shape index (κ1) is 55.8. The maximum absolute atomic E-state index is 16.1. The van der Waals surface area contributed by atoms with Gasteiger partial charge in [-0.1, -0.05) is 196 Å². The van der Waals surface area contributed by atoms with Gasteiger partial charge in [0.25, 0.3) is 17.7 Å². The number of hydrogen-bond acceptors (Lipinski definition) is 5. The summed E-state index contributed by atoms with van der Waals surface area (Å²) in [5.74, 6) is 2.69. The van der Waals surface area contributed by atoms with E-state index in [2.05, 4.69) is 184 Å². The highest BCUT2D eigenvalue weighted by molar-refractivity contribution is 6.44. The minimum Gasteiger partial charge on any atom is -0.456 e. The molecule has 9 aromatic rings. The van der Waals surface area contributed by atoms with E-state index in [-0.39, 0.29) is 59.2 Å². The van der Waals surface area contributed by atoms with E-state index >= 15 is 14.4 Å². The van der Waals surface area contributed by atoms with Crippen LogP contribution in [0, 0.1) is 6.92 Å². The highest BCUT2D eigenvalue weighted by atomic mass is 16.5. The molecule has 1 aliphatic heterocycles. The third kappa shape index (κ3) is 9.00. The predicted octanol–water partition coefficient (Wildman–Crippen LogP) is 20.7. The fraction of sp³-hybridized carbons (Fsp3) is 0.356. The fourth-order valence-electron chi connectivity index (χ4n) is 12.8. The summed E-state index contributed by atoms with van der Waals surface area (Å²) in [6.45, 7) is 36.7. The van der Waals surface area contributed by atoms with Crippen molar-refractivity contribution in [2.24, 2.45) is 0 Å². The molecule has 80 heavy (non-hydrogen) atoms. The lowest BCUT2D eigenvalue weighted by Gasteiger charge is -2.33. The summed E-state index contributed by atoms with van der Waals surface area (Å²) in [7, 11) is 1.91. The van der Waals surface area contributed by atoms with Crippen LogP contribution >= 0.6 is 0 Å². The van der Waals surface area contributed by atoms with Crippen LogP contribution in [0.4, 0.5) is 11.4 Å². The molecule has 0 radical (unpaired) electrons. The molecule has 9 aromatic carbocycles. The maximum atomic E-state index is 16.1. The second kappa shape index (κ2) is 21.2. The van der Waals surface area contributed by atoms with Crippen LogP contribution in [0.15, 0.2) is 109 Å². The van der Waals surface area contributed by atoms with Crippen molar-refractivity contribution in [1.82, 2.24) is 0 Å². The molecule has 7 heteroatoms. The number of carbonyl (C=O) groups excluding carboxylic acids is 3. The maximum Gasteiger partial charge on any atom is 0.266 e. The van der Waals surface area contributed by atoms with Gasteiger partial charge in [0.2, 0.25) is 0 Å². The fourth-order valence-corrected chi connectivity index (χ4v) is 12.8. The zero-order valence-corrected chi connectivity index (χ0v) is 50.4. The lowest BCUT2D eigenvalue weighted by molar-refractivity contribution is 0.0891. The van der Waals surface area contributed by atoms with E-state index in [1.54, 1.807) is 0 Å². The minimum atomic E-state index is -0.400. The number of rotatable bonds is 15. The molecule has 0 aliphatic carbocycles. The summed E-state index contributed by atoms with van der Waals surface area (Å²) in [4.78, 5) is 50.9. The molecule has 10 rings (SSSR count). The van der Waals surface area contributed by atoms with E-state index in [0.717, 1.165) is 105 Å². The van der Waals surface area contributed by atoms with Gasteiger partial charge in [-0.05, 0) is 145 Å². The van der Waals surface area contributed by atoms with Crippen LogP contribution in [0.2, 0.25) is 0 Å². The van der Waals surface area contributed by atoms with Crippen LogP contribution in [0.5, 0.6) is 23.0 Å². The van der Waals surface area contributed by atoms with Gasteiger partial charge in [0.05, 0.1) is 16.9 Å². The summed E-state index contributed by atoms with van der Waals surface area (Å²) in [6, 6.07) is 37.3. The molecular formula is C73H80N2O5. The second-order valence-electron chi connectivity index (χ2n) is 25.0. The number of para-hydroxylation sites is 4. The number of anilines is 2. The van der Waals surface area contributed by atoms with Crippen molar-refractivity contribution in [2.45, 2.75) is 165 Å². The van der Waals surface area contributed by atoms with Gasteiger partial charge in [-0.15, -0.1) is 0 Å². The molecule has 1 heterocycles. The Morgan fingerprint density at radius 2 is 0.775 bits per heavy atom. The van der Waals surface area contributed by atoms with Gasteiger partial charge in [-0.3, -0.25) is 14.4 Å². The Hall–Kier alpha value is -7.51. The Labute approximate surface area is 474 Å². The molecule has 0 bridgehead atoms. The molecule has 0 spiro atoms. The Kier molecular flexibility index (Phi) is 14.8. The van der Waals surface area contributed by atoms with Crippen LogP contribution in [-0.2, 0) is 0 Å². The van der Waals surface area contributed by atoms with Gasteiger partial charge in [0.15, 0.2) is 0 Å². The van der Waals surface area contributed by atoms with Crippen molar-refractivity contribution in [3.8, 4) is 23.0 Å². The highest BCUT2D eigenvalue weighted by Crippen LogP contribution is 2.55. The summed E-state index contributed by atoms with van der Waals surface area (Å²) >= 11 is 0. The largest absolute Gasteiger partial charge is 0.456 e. The number of nitrogens with zero attached hydrogens (tertiary/aromatic N) is 2. The normalized spacial score (nSPS) is 13.1. The monoisotopic (exact) mass is 1060 g/mol.